The molecular weight excluding hydrogens is 378 g/mol. The zero-order valence-corrected chi connectivity index (χ0v) is 18.8. The summed E-state index contributed by atoms with van der Waals surface area (Å²) in [6.07, 6.45) is 1.89. The van der Waals surface area contributed by atoms with E-state index in [1.165, 1.54) is 17.3 Å². The Hall–Kier alpha value is -0.600. The van der Waals surface area contributed by atoms with Gasteiger partial charge < -0.3 is 25.8 Å². The van der Waals surface area contributed by atoms with Gasteiger partial charge in [-0.15, -0.1) is 6.58 Å². The van der Waals surface area contributed by atoms with Gasteiger partial charge in [-0.2, -0.15) is 11.8 Å². The predicted molar refractivity (Wildman–Crippen MR) is 114 cm³/mol. The van der Waals surface area contributed by atoms with Gasteiger partial charge in [-0.05, 0) is 45.4 Å². The van der Waals surface area contributed by atoms with E-state index in [4.69, 9.17) is 10.5 Å². The molecule has 5 atom stereocenters. The molecule has 4 unspecified atom stereocenters. The number of carbonyl (C=O) groups is 1. The second kappa shape index (κ2) is 10.4. The third kappa shape index (κ3) is 7.02. The Kier molecular flexibility index (Phi) is 9.48. The number of aliphatic carboxylic acids is 1. The first kappa shape index (κ1) is 25.4. The minimum Gasteiger partial charge on any atom is -0.480 e. The van der Waals surface area contributed by atoms with Crippen LogP contribution < -0.4 is 5.73 Å². The normalized spacial score (nSPS) is 27.4. The highest BCUT2D eigenvalue weighted by molar-refractivity contribution is 8.00. The van der Waals surface area contributed by atoms with Crippen molar-refractivity contribution in [2.24, 2.45) is 17.1 Å². The van der Waals surface area contributed by atoms with Crippen molar-refractivity contribution in [3.63, 3.8) is 0 Å². The lowest BCUT2D eigenvalue weighted by molar-refractivity contribution is -0.180. The first-order chi connectivity index (χ1) is 12.8. The third-order valence-corrected chi connectivity index (χ3v) is 7.35. The van der Waals surface area contributed by atoms with E-state index >= 15 is 0 Å². The fourth-order valence-corrected chi connectivity index (χ4v) is 5.04. The number of carboxylic acid groups (broad SMARTS) is 1. The monoisotopic (exact) mass is 417 g/mol. The molecule has 1 fully saturated rings. The zero-order valence-electron chi connectivity index (χ0n) is 18.0. The van der Waals surface area contributed by atoms with Crippen LogP contribution in [-0.4, -0.2) is 62.7 Å². The molecule has 0 aromatic heterocycles. The molecule has 28 heavy (non-hydrogen) atoms. The van der Waals surface area contributed by atoms with Crippen molar-refractivity contribution in [2.75, 3.05) is 12.4 Å². The predicted octanol–water partition coefficient (Wildman–Crippen LogP) is 2.81. The number of aliphatic hydroxyl groups is 2. The molecule has 1 aliphatic rings. The average Bonchev–Trinajstić information content (AvgIpc) is 2.58. The maximum atomic E-state index is 11.3. The topological polar surface area (TPSA) is 113 Å². The minimum atomic E-state index is -1.04. The summed E-state index contributed by atoms with van der Waals surface area (Å²) in [6.45, 7) is 13.9. The van der Waals surface area contributed by atoms with Gasteiger partial charge in [0.15, 0.2) is 0 Å². The Bertz CT molecular complexity index is 537. The van der Waals surface area contributed by atoms with Crippen LogP contribution in [-0.2, 0) is 9.53 Å². The molecule has 1 aliphatic heterocycles. The summed E-state index contributed by atoms with van der Waals surface area (Å²) in [7, 11) is 0. The van der Waals surface area contributed by atoms with Gasteiger partial charge in [0.25, 0.3) is 0 Å². The number of nitrogens with two attached hydrogens (primary N) is 1. The van der Waals surface area contributed by atoms with Crippen LogP contribution in [0.1, 0.15) is 60.3 Å². The fourth-order valence-electron chi connectivity index (χ4n) is 3.86. The number of ether oxygens (including phenoxy) is 1. The quantitative estimate of drug-likeness (QED) is 0.302. The lowest BCUT2D eigenvalue weighted by atomic mass is 9.68. The van der Waals surface area contributed by atoms with E-state index in [2.05, 4.69) is 20.4 Å². The number of rotatable bonds is 11. The summed E-state index contributed by atoms with van der Waals surface area (Å²) >= 11 is 1.44. The summed E-state index contributed by atoms with van der Waals surface area (Å²) < 4.78 is 5.23. The van der Waals surface area contributed by atoms with Gasteiger partial charge in [0.1, 0.15) is 12.1 Å². The van der Waals surface area contributed by atoms with Crippen LogP contribution in [0.2, 0.25) is 0 Å². The maximum absolute atomic E-state index is 11.3. The van der Waals surface area contributed by atoms with Gasteiger partial charge in [0.2, 0.25) is 0 Å². The van der Waals surface area contributed by atoms with Gasteiger partial charge in [-0.3, -0.25) is 4.79 Å². The van der Waals surface area contributed by atoms with Gasteiger partial charge >= 0.3 is 5.97 Å². The smallest absolute Gasteiger partial charge is 0.321 e. The second-order valence-corrected chi connectivity index (χ2v) is 11.0. The molecule has 0 spiro atoms. The molecule has 164 valence electrons. The lowest BCUT2D eigenvalue weighted by Gasteiger charge is -2.47. The number of hydrogen-bond acceptors (Lipinski definition) is 6. The van der Waals surface area contributed by atoms with Crippen LogP contribution in [0.3, 0.4) is 0 Å². The molecule has 7 heteroatoms. The molecule has 0 saturated carbocycles. The summed E-state index contributed by atoms with van der Waals surface area (Å²) in [5.41, 5.74) is 6.76. The molecule has 0 bridgehead atoms. The van der Waals surface area contributed by atoms with E-state index in [-0.39, 0.29) is 24.0 Å². The van der Waals surface area contributed by atoms with E-state index < -0.39 is 29.0 Å². The Morgan fingerprint density at radius 1 is 1.29 bits per heavy atom. The van der Waals surface area contributed by atoms with Crippen molar-refractivity contribution >= 4 is 17.7 Å². The fraction of sp³-hybridized carbons (Fsp3) is 0.857. The van der Waals surface area contributed by atoms with E-state index in [0.29, 0.717) is 5.75 Å². The molecule has 0 aliphatic carbocycles. The minimum absolute atomic E-state index is 0.0834. The van der Waals surface area contributed by atoms with Crippen LogP contribution >= 0.6 is 11.8 Å². The molecule has 0 aromatic carbocycles. The second-order valence-electron chi connectivity index (χ2n) is 9.34. The van der Waals surface area contributed by atoms with E-state index in [1.54, 1.807) is 0 Å². The van der Waals surface area contributed by atoms with Crippen molar-refractivity contribution in [1.82, 2.24) is 0 Å². The SMILES string of the molecule is C=C(C)CCCCC(C)(C)C1C(CSC(C)(C)[C@@H](N)C(=O)O)OCC(O)C1O. The molecule has 5 N–H and O–H groups in total. The number of carboxylic acids is 1. The summed E-state index contributed by atoms with van der Waals surface area (Å²) in [5.74, 6) is -0.769. The molecule has 1 heterocycles. The largest absolute Gasteiger partial charge is 0.480 e. The molecular formula is C21H39NO5S. The van der Waals surface area contributed by atoms with E-state index in [9.17, 15) is 20.1 Å². The number of hydrogen-bond donors (Lipinski definition) is 4. The number of aliphatic hydroxyl groups excluding tert-OH is 2. The number of allylic oxidation sites excluding steroid dienone is 1. The number of thioether (sulfide) groups is 1. The summed E-state index contributed by atoms with van der Waals surface area (Å²) in [4.78, 5) is 11.3. The highest BCUT2D eigenvalue weighted by Crippen LogP contribution is 2.43. The van der Waals surface area contributed by atoms with Gasteiger partial charge in [-0.25, -0.2) is 0 Å². The van der Waals surface area contributed by atoms with Crippen LogP contribution in [0, 0.1) is 11.3 Å². The van der Waals surface area contributed by atoms with Crippen LogP contribution in [0.25, 0.3) is 0 Å². The first-order valence-electron chi connectivity index (χ1n) is 10.0. The van der Waals surface area contributed by atoms with Crippen molar-refractivity contribution in [2.45, 2.75) is 89.4 Å². The number of unbranched alkanes of at least 4 members (excludes halogenated alkanes) is 1. The Morgan fingerprint density at radius 3 is 2.43 bits per heavy atom. The Morgan fingerprint density at radius 2 is 1.89 bits per heavy atom. The van der Waals surface area contributed by atoms with Crippen LogP contribution in [0.15, 0.2) is 12.2 Å². The summed E-state index contributed by atoms with van der Waals surface area (Å²) in [6, 6.07) is -0.995. The average molecular weight is 418 g/mol. The van der Waals surface area contributed by atoms with Crippen molar-refractivity contribution in [3.05, 3.63) is 12.2 Å². The van der Waals surface area contributed by atoms with Crippen molar-refractivity contribution in [3.8, 4) is 0 Å². The van der Waals surface area contributed by atoms with Gasteiger partial charge in [-0.1, -0.05) is 25.8 Å². The molecule has 1 saturated heterocycles. The van der Waals surface area contributed by atoms with E-state index in [0.717, 1.165) is 25.7 Å². The molecule has 0 radical (unpaired) electrons. The lowest BCUT2D eigenvalue weighted by Crippen LogP contribution is -2.56. The third-order valence-electron chi connectivity index (χ3n) is 5.86. The van der Waals surface area contributed by atoms with Crippen LogP contribution in [0.4, 0.5) is 0 Å². The van der Waals surface area contributed by atoms with Crippen molar-refractivity contribution < 1.29 is 24.9 Å². The van der Waals surface area contributed by atoms with Gasteiger partial charge in [0, 0.05) is 16.4 Å². The highest BCUT2D eigenvalue weighted by Gasteiger charge is 2.47. The first-order valence-corrected chi connectivity index (χ1v) is 11.0. The van der Waals surface area contributed by atoms with E-state index in [1.807, 2.05) is 20.8 Å². The van der Waals surface area contributed by atoms with Crippen LogP contribution in [0.5, 0.6) is 0 Å². The Labute approximate surface area is 173 Å². The highest BCUT2D eigenvalue weighted by atomic mass is 32.2. The molecule has 6 nitrogen and oxygen atoms in total. The zero-order chi connectivity index (χ0) is 21.7. The van der Waals surface area contributed by atoms with Gasteiger partial charge in [0.05, 0.1) is 18.8 Å². The Balaban J connectivity index is 2.84. The molecule has 0 aromatic rings. The summed E-state index contributed by atoms with van der Waals surface area (Å²) in [5, 5.41) is 30.1. The standard InChI is InChI=1S/C21H39NO5S/c1-13(2)9-7-8-10-20(3,4)16-15(27-11-14(23)17(16)24)12-28-21(5,6)18(22)19(25)26/h14-18,23-24H,1,7-12,22H2,2-6H3,(H,25,26)/t14?,15?,16?,17?,18-/m0/s1. The maximum Gasteiger partial charge on any atom is 0.321 e. The van der Waals surface area contributed by atoms with Crippen molar-refractivity contribution in [1.29, 1.82) is 0 Å². The molecule has 1 rings (SSSR count). The molecule has 0 amide bonds.